The zero-order valence-electron chi connectivity index (χ0n) is 11.0. The summed E-state index contributed by atoms with van der Waals surface area (Å²) in [5.41, 5.74) is 1.35. The number of hydrogen-bond acceptors (Lipinski definition) is 2. The summed E-state index contributed by atoms with van der Waals surface area (Å²) < 4.78 is 0. The smallest absolute Gasteiger partial charge is 0.221 e. The molecule has 3 unspecified atom stereocenters. The zero-order chi connectivity index (χ0) is 12.4. The van der Waals surface area contributed by atoms with Crippen LogP contribution in [0.3, 0.4) is 0 Å². The quantitative estimate of drug-likeness (QED) is 0.888. The van der Waals surface area contributed by atoms with E-state index < -0.39 is 0 Å². The molecule has 1 saturated heterocycles. The average molecular weight is 281 g/mol. The number of rotatable bonds is 4. The van der Waals surface area contributed by atoms with Crippen LogP contribution in [0, 0.1) is 0 Å². The third kappa shape index (κ3) is 3.71. The van der Waals surface area contributed by atoms with Crippen molar-refractivity contribution in [3.05, 3.63) is 35.9 Å². The highest BCUT2D eigenvalue weighted by Crippen LogP contribution is 2.40. The van der Waals surface area contributed by atoms with Gasteiger partial charge in [0, 0.05) is 24.4 Å². The fraction of sp³-hybridized carbons (Fsp3) is 0.533. The second-order valence-electron chi connectivity index (χ2n) is 5.42. The summed E-state index contributed by atoms with van der Waals surface area (Å²) in [4.78, 5) is 11.9. The van der Waals surface area contributed by atoms with Crippen LogP contribution in [0.2, 0.25) is 0 Å². The Morgan fingerprint density at radius 1 is 1.32 bits per heavy atom. The summed E-state index contributed by atoms with van der Waals surface area (Å²) in [6.07, 6.45) is 4.07. The largest absolute Gasteiger partial charge is 0.353 e. The van der Waals surface area contributed by atoms with Crippen LogP contribution in [0.25, 0.3) is 0 Å². The molecule has 1 aliphatic heterocycles. The summed E-state index contributed by atoms with van der Waals surface area (Å²) in [6, 6.07) is 11.2. The minimum absolute atomic E-state index is 0. The van der Waals surface area contributed by atoms with Crippen molar-refractivity contribution in [1.29, 1.82) is 0 Å². The van der Waals surface area contributed by atoms with Crippen LogP contribution < -0.4 is 10.6 Å². The SMILES string of the molecule is Cl.O=C(CC1CCCN1)NC1CC1c1ccccc1. The van der Waals surface area contributed by atoms with Crippen molar-refractivity contribution in [2.75, 3.05) is 6.54 Å². The Bertz CT molecular complexity index is 417. The van der Waals surface area contributed by atoms with Crippen molar-refractivity contribution in [1.82, 2.24) is 10.6 Å². The summed E-state index contributed by atoms with van der Waals surface area (Å²) >= 11 is 0. The number of nitrogens with one attached hydrogen (secondary N) is 2. The van der Waals surface area contributed by atoms with Crippen molar-refractivity contribution in [3.63, 3.8) is 0 Å². The van der Waals surface area contributed by atoms with Gasteiger partial charge in [0.15, 0.2) is 0 Å². The molecule has 0 bridgehead atoms. The van der Waals surface area contributed by atoms with Crippen LogP contribution in [-0.4, -0.2) is 24.5 Å². The Morgan fingerprint density at radius 3 is 2.79 bits per heavy atom. The Morgan fingerprint density at radius 2 is 2.11 bits per heavy atom. The van der Waals surface area contributed by atoms with Crippen molar-refractivity contribution in [2.24, 2.45) is 0 Å². The molecule has 1 aromatic rings. The lowest BCUT2D eigenvalue weighted by atomic mass is 10.1. The summed E-state index contributed by atoms with van der Waals surface area (Å²) in [5, 5.41) is 6.51. The molecule has 0 spiro atoms. The highest BCUT2D eigenvalue weighted by molar-refractivity contribution is 5.85. The predicted octanol–water partition coefficient (Wildman–Crippen LogP) is 2.22. The lowest BCUT2D eigenvalue weighted by Crippen LogP contribution is -2.33. The van der Waals surface area contributed by atoms with Crippen molar-refractivity contribution < 1.29 is 4.79 Å². The molecule has 4 heteroatoms. The van der Waals surface area contributed by atoms with Gasteiger partial charge >= 0.3 is 0 Å². The van der Waals surface area contributed by atoms with Gasteiger partial charge in [0.05, 0.1) is 0 Å². The fourth-order valence-corrected chi connectivity index (χ4v) is 2.84. The minimum atomic E-state index is 0. The first kappa shape index (κ1) is 14.4. The van der Waals surface area contributed by atoms with Gasteiger partial charge in [0.1, 0.15) is 0 Å². The van der Waals surface area contributed by atoms with E-state index in [-0.39, 0.29) is 18.3 Å². The summed E-state index contributed by atoms with van der Waals surface area (Å²) in [7, 11) is 0. The van der Waals surface area contributed by atoms with Crippen LogP contribution in [0.1, 0.15) is 37.2 Å². The van der Waals surface area contributed by atoms with Gasteiger partial charge in [-0.2, -0.15) is 0 Å². The molecule has 1 aromatic carbocycles. The molecule has 1 heterocycles. The van der Waals surface area contributed by atoms with Crippen LogP contribution in [0.5, 0.6) is 0 Å². The standard InChI is InChI=1S/C15H20N2O.ClH/c18-15(9-12-7-4-8-16-12)17-14-10-13(14)11-5-2-1-3-6-11;/h1-3,5-6,12-14,16H,4,7-10H2,(H,17,18);1H. The van der Waals surface area contributed by atoms with E-state index in [0.717, 1.165) is 19.4 Å². The number of benzene rings is 1. The third-order valence-corrected chi connectivity index (χ3v) is 3.96. The molecule has 1 aliphatic carbocycles. The third-order valence-electron chi connectivity index (χ3n) is 3.96. The first-order valence-electron chi connectivity index (χ1n) is 6.90. The number of carbonyl (C=O) groups is 1. The first-order valence-corrected chi connectivity index (χ1v) is 6.90. The van der Waals surface area contributed by atoms with Crippen molar-refractivity contribution in [3.8, 4) is 0 Å². The van der Waals surface area contributed by atoms with Gasteiger partial charge in [-0.15, -0.1) is 12.4 Å². The maximum Gasteiger partial charge on any atom is 0.221 e. The number of halogens is 1. The van der Waals surface area contributed by atoms with Gasteiger partial charge in [0.25, 0.3) is 0 Å². The summed E-state index contributed by atoms with van der Waals surface area (Å²) in [5.74, 6) is 0.740. The zero-order valence-corrected chi connectivity index (χ0v) is 11.8. The maximum absolute atomic E-state index is 11.9. The van der Waals surface area contributed by atoms with Gasteiger partial charge in [-0.25, -0.2) is 0 Å². The van der Waals surface area contributed by atoms with E-state index in [0.29, 0.717) is 24.4 Å². The second-order valence-corrected chi connectivity index (χ2v) is 5.42. The molecule has 1 saturated carbocycles. The molecule has 3 rings (SSSR count). The Kier molecular flexibility index (Phi) is 4.83. The first-order chi connectivity index (χ1) is 8.83. The fourth-order valence-electron chi connectivity index (χ4n) is 2.84. The van der Waals surface area contributed by atoms with Crippen molar-refractivity contribution >= 4 is 18.3 Å². The van der Waals surface area contributed by atoms with Gasteiger partial charge < -0.3 is 10.6 Å². The molecule has 0 radical (unpaired) electrons. The van der Waals surface area contributed by atoms with Crippen LogP contribution in [-0.2, 0) is 4.79 Å². The Labute approximate surface area is 120 Å². The van der Waals surface area contributed by atoms with E-state index in [1.807, 2.05) is 6.07 Å². The van der Waals surface area contributed by atoms with Gasteiger partial charge in [-0.1, -0.05) is 30.3 Å². The minimum Gasteiger partial charge on any atom is -0.353 e. The van der Waals surface area contributed by atoms with E-state index in [1.54, 1.807) is 0 Å². The summed E-state index contributed by atoms with van der Waals surface area (Å²) in [6.45, 7) is 1.06. The highest BCUT2D eigenvalue weighted by Gasteiger charge is 2.39. The molecule has 104 valence electrons. The molecule has 3 nitrogen and oxygen atoms in total. The van der Waals surface area contributed by atoms with Crippen LogP contribution >= 0.6 is 12.4 Å². The van der Waals surface area contributed by atoms with Gasteiger partial charge in [-0.3, -0.25) is 4.79 Å². The normalized spacial score (nSPS) is 28.5. The van der Waals surface area contributed by atoms with E-state index >= 15 is 0 Å². The molecule has 2 N–H and O–H groups in total. The molecule has 0 aromatic heterocycles. The van der Waals surface area contributed by atoms with E-state index in [4.69, 9.17) is 0 Å². The molecule has 19 heavy (non-hydrogen) atoms. The van der Waals surface area contributed by atoms with Crippen LogP contribution in [0.4, 0.5) is 0 Å². The molecule has 2 fully saturated rings. The van der Waals surface area contributed by atoms with E-state index in [1.165, 1.54) is 12.0 Å². The molecular formula is C15H21ClN2O. The molecule has 1 amide bonds. The number of carbonyl (C=O) groups excluding carboxylic acids is 1. The number of hydrogen-bond donors (Lipinski definition) is 2. The maximum atomic E-state index is 11.9. The average Bonchev–Trinajstić information content (AvgIpc) is 2.95. The van der Waals surface area contributed by atoms with Gasteiger partial charge in [-0.05, 0) is 31.4 Å². The lowest BCUT2D eigenvalue weighted by molar-refractivity contribution is -0.121. The molecular weight excluding hydrogens is 260 g/mol. The predicted molar refractivity (Wildman–Crippen MR) is 78.6 cm³/mol. The van der Waals surface area contributed by atoms with E-state index in [2.05, 4.69) is 34.9 Å². The van der Waals surface area contributed by atoms with Crippen molar-refractivity contribution in [2.45, 2.75) is 43.7 Å². The van der Waals surface area contributed by atoms with E-state index in [9.17, 15) is 4.79 Å². The number of amides is 1. The topological polar surface area (TPSA) is 41.1 Å². The monoisotopic (exact) mass is 280 g/mol. The lowest BCUT2D eigenvalue weighted by Gasteiger charge is -2.10. The highest BCUT2D eigenvalue weighted by atomic mass is 35.5. The Hall–Kier alpha value is -1.06. The molecule has 3 atom stereocenters. The Balaban J connectivity index is 0.00000133. The molecule has 2 aliphatic rings. The second kappa shape index (κ2) is 6.40. The van der Waals surface area contributed by atoms with Crippen LogP contribution in [0.15, 0.2) is 30.3 Å². The van der Waals surface area contributed by atoms with Gasteiger partial charge in [0.2, 0.25) is 5.91 Å².